The zero-order valence-electron chi connectivity index (χ0n) is 14.0. The number of amides is 2. The number of hydrogen-bond acceptors (Lipinski definition) is 4. The first-order chi connectivity index (χ1) is 11.6. The zero-order chi connectivity index (χ0) is 17.5. The van der Waals surface area contributed by atoms with Gasteiger partial charge in [0.2, 0.25) is 5.88 Å². The van der Waals surface area contributed by atoms with Gasteiger partial charge in [-0.2, -0.15) is 0 Å². The van der Waals surface area contributed by atoms with E-state index < -0.39 is 6.03 Å². The van der Waals surface area contributed by atoms with Crippen molar-refractivity contribution < 1.29 is 14.6 Å². The second kappa shape index (κ2) is 8.19. The lowest BCUT2D eigenvalue weighted by atomic mass is 10.0. The molecule has 6 nitrogen and oxygen atoms in total. The predicted molar refractivity (Wildman–Crippen MR) is 93.6 cm³/mol. The molecule has 1 aliphatic heterocycles. The van der Waals surface area contributed by atoms with Crippen LogP contribution < -0.4 is 10.5 Å². The summed E-state index contributed by atoms with van der Waals surface area (Å²) in [6.07, 6.45) is 9.45. The number of carbonyl (C=O) groups excluding carboxylic acids is 1. The maximum absolute atomic E-state index is 10.9. The maximum Gasteiger partial charge on any atom is 0.315 e. The van der Waals surface area contributed by atoms with Crippen molar-refractivity contribution in [1.29, 1.82) is 0 Å². The maximum atomic E-state index is 10.9. The number of aromatic nitrogens is 1. The lowest BCUT2D eigenvalue weighted by Gasteiger charge is -2.37. The Labute approximate surface area is 141 Å². The number of ether oxygens (including phenoxy) is 1. The first kappa shape index (κ1) is 17.6. The molecule has 1 aliphatic carbocycles. The van der Waals surface area contributed by atoms with Crippen molar-refractivity contribution in [1.82, 2.24) is 9.88 Å². The van der Waals surface area contributed by atoms with Crippen molar-refractivity contribution in [2.45, 2.75) is 26.4 Å². The van der Waals surface area contributed by atoms with Crippen molar-refractivity contribution in [2.75, 3.05) is 13.1 Å². The summed E-state index contributed by atoms with van der Waals surface area (Å²) in [4.78, 5) is 16.7. The van der Waals surface area contributed by atoms with Crippen LogP contribution in [0, 0.1) is 0 Å². The van der Waals surface area contributed by atoms with Gasteiger partial charge in [0.25, 0.3) is 0 Å². The van der Waals surface area contributed by atoms with Gasteiger partial charge in [-0.3, -0.25) is 0 Å². The molecule has 1 aromatic rings. The van der Waals surface area contributed by atoms with Gasteiger partial charge in [-0.25, -0.2) is 9.78 Å². The fraction of sp³-hybridized carbons (Fsp3) is 0.333. The molecule has 1 saturated heterocycles. The highest BCUT2D eigenvalue weighted by Gasteiger charge is 2.31. The van der Waals surface area contributed by atoms with Gasteiger partial charge in [0.15, 0.2) is 0 Å². The smallest absolute Gasteiger partial charge is 0.315 e. The number of nitrogens with zero attached hydrogens (tertiary/aromatic N) is 2. The normalized spacial score (nSPS) is 16.8. The van der Waals surface area contributed by atoms with E-state index in [1.165, 1.54) is 4.90 Å². The number of urea groups is 1. The van der Waals surface area contributed by atoms with Gasteiger partial charge in [-0.15, -0.1) is 0 Å². The molecule has 1 aromatic heterocycles. The average Bonchev–Trinajstić information content (AvgIpc) is 2.77. The van der Waals surface area contributed by atoms with Crippen LogP contribution in [0.2, 0.25) is 0 Å². The highest BCUT2D eigenvalue weighted by Crippen LogP contribution is 2.24. The molecule has 2 heterocycles. The van der Waals surface area contributed by atoms with Gasteiger partial charge < -0.3 is 20.5 Å². The van der Waals surface area contributed by atoms with E-state index in [1.54, 1.807) is 24.4 Å². The van der Waals surface area contributed by atoms with E-state index in [9.17, 15) is 9.90 Å². The van der Waals surface area contributed by atoms with Crippen LogP contribution in [-0.2, 0) is 0 Å². The Morgan fingerprint density at radius 3 is 2.62 bits per heavy atom. The zero-order valence-corrected chi connectivity index (χ0v) is 14.0. The topological polar surface area (TPSA) is 88.7 Å². The third-order valence-corrected chi connectivity index (χ3v) is 3.62. The third kappa shape index (κ3) is 4.38. The van der Waals surface area contributed by atoms with Crippen LogP contribution in [0.15, 0.2) is 48.4 Å². The molecule has 6 heteroatoms. The summed E-state index contributed by atoms with van der Waals surface area (Å²) in [6.45, 7) is 4.99. The highest BCUT2D eigenvalue weighted by molar-refractivity contribution is 5.73. The van der Waals surface area contributed by atoms with Crippen molar-refractivity contribution in [3.63, 3.8) is 0 Å². The molecule has 24 heavy (non-hydrogen) atoms. The van der Waals surface area contributed by atoms with Gasteiger partial charge in [0, 0.05) is 18.7 Å². The van der Waals surface area contributed by atoms with Crippen LogP contribution >= 0.6 is 0 Å². The minimum absolute atomic E-state index is 0.0575. The van der Waals surface area contributed by atoms with E-state index in [-0.39, 0.29) is 6.10 Å². The molecule has 128 valence electrons. The largest absolute Gasteiger partial charge is 0.512 e. The quantitative estimate of drug-likeness (QED) is 0.892. The second-order valence-corrected chi connectivity index (χ2v) is 5.28. The number of rotatable bonds is 3. The van der Waals surface area contributed by atoms with E-state index in [0.29, 0.717) is 31.1 Å². The van der Waals surface area contributed by atoms with E-state index >= 15 is 0 Å². The molecule has 0 atom stereocenters. The van der Waals surface area contributed by atoms with E-state index in [4.69, 9.17) is 10.5 Å². The molecular formula is C18H23N3O3. The Kier molecular flexibility index (Phi) is 6.01. The molecule has 0 spiro atoms. The molecule has 2 amide bonds. The van der Waals surface area contributed by atoms with Gasteiger partial charge in [-0.1, -0.05) is 32.1 Å². The summed E-state index contributed by atoms with van der Waals surface area (Å²) >= 11 is 0. The molecule has 0 unspecified atom stereocenters. The van der Waals surface area contributed by atoms with Crippen LogP contribution in [0.25, 0.3) is 5.57 Å². The van der Waals surface area contributed by atoms with Gasteiger partial charge in [-0.05, 0) is 23.3 Å². The second-order valence-electron chi connectivity index (χ2n) is 5.28. The summed E-state index contributed by atoms with van der Waals surface area (Å²) < 4.78 is 5.66. The fourth-order valence-electron chi connectivity index (χ4n) is 2.35. The Morgan fingerprint density at radius 2 is 2.00 bits per heavy atom. The summed E-state index contributed by atoms with van der Waals surface area (Å²) in [6, 6.07) is 3.27. The Bertz CT molecular complexity index is 657. The summed E-state index contributed by atoms with van der Waals surface area (Å²) in [5.74, 6) is 0.837. The third-order valence-electron chi connectivity index (χ3n) is 3.62. The molecule has 3 rings (SSSR count). The number of hydrogen-bond donors (Lipinski definition) is 2. The van der Waals surface area contributed by atoms with Gasteiger partial charge >= 0.3 is 6.03 Å². The molecule has 0 radical (unpaired) electrons. The number of primary amides is 1. The van der Waals surface area contributed by atoms with E-state index in [0.717, 1.165) is 11.1 Å². The fourth-order valence-corrected chi connectivity index (χ4v) is 2.35. The number of aliphatic hydroxyl groups excluding tert-OH is 1. The lowest BCUT2D eigenvalue weighted by molar-refractivity contribution is 0.0445. The summed E-state index contributed by atoms with van der Waals surface area (Å²) in [5, 5.41) is 9.69. The standard InChI is InChI=1S/C16H17N3O3.C2H6/c17-16(21)19-9-14(10-19)22-15-6-5-12(8-18-15)11-3-1-2-4-13(20)7-11;1-2/h1-6,8,14,20H,7,9-10H2,(H2,17,21);1-2H3. The van der Waals surface area contributed by atoms with Crippen LogP contribution in [0.5, 0.6) is 5.88 Å². The summed E-state index contributed by atoms with van der Waals surface area (Å²) in [5.41, 5.74) is 7.09. The Morgan fingerprint density at radius 1 is 1.29 bits per heavy atom. The SMILES string of the molecule is CC.NC(=O)N1CC(Oc2ccc(C3=CC=CC=C(O)C3)cn2)C1. The molecular weight excluding hydrogens is 306 g/mol. The average molecular weight is 329 g/mol. The number of likely N-dealkylation sites (tertiary alicyclic amines) is 1. The molecule has 1 fully saturated rings. The van der Waals surface area contributed by atoms with Crippen molar-refractivity contribution >= 4 is 11.6 Å². The van der Waals surface area contributed by atoms with Crippen molar-refractivity contribution in [3.8, 4) is 5.88 Å². The highest BCUT2D eigenvalue weighted by atomic mass is 16.5. The predicted octanol–water partition coefficient (Wildman–Crippen LogP) is 3.03. The molecule has 3 N–H and O–H groups in total. The molecule has 0 aromatic carbocycles. The van der Waals surface area contributed by atoms with Gasteiger partial charge in [0.1, 0.15) is 6.10 Å². The Balaban J connectivity index is 0.00000100. The van der Waals surface area contributed by atoms with Crippen LogP contribution in [0.1, 0.15) is 25.8 Å². The minimum atomic E-state index is -0.427. The monoisotopic (exact) mass is 329 g/mol. The van der Waals surface area contributed by atoms with Crippen LogP contribution in [0.4, 0.5) is 4.79 Å². The lowest BCUT2D eigenvalue weighted by Crippen LogP contribution is -2.57. The number of carbonyl (C=O) groups is 1. The minimum Gasteiger partial charge on any atom is -0.512 e. The summed E-state index contributed by atoms with van der Waals surface area (Å²) in [7, 11) is 0. The first-order valence-corrected chi connectivity index (χ1v) is 8.04. The van der Waals surface area contributed by atoms with Gasteiger partial charge in [0.05, 0.1) is 18.8 Å². The first-order valence-electron chi connectivity index (χ1n) is 8.04. The number of nitrogens with two attached hydrogens (primary N) is 1. The number of pyridine rings is 1. The molecule has 0 saturated carbocycles. The molecule has 0 bridgehead atoms. The van der Waals surface area contributed by atoms with Crippen LogP contribution in [-0.4, -0.2) is 40.2 Å². The van der Waals surface area contributed by atoms with Crippen molar-refractivity contribution in [2.24, 2.45) is 5.73 Å². The molecule has 2 aliphatic rings. The van der Waals surface area contributed by atoms with Crippen molar-refractivity contribution in [3.05, 3.63) is 54.0 Å². The van der Waals surface area contributed by atoms with Crippen LogP contribution in [0.3, 0.4) is 0 Å². The number of allylic oxidation sites excluding steroid dienone is 5. The van der Waals surface area contributed by atoms with E-state index in [2.05, 4.69) is 4.98 Å². The van der Waals surface area contributed by atoms with E-state index in [1.807, 2.05) is 32.1 Å². The number of aliphatic hydroxyl groups is 1. The Hall–Kier alpha value is -2.76.